The fourth-order valence-corrected chi connectivity index (χ4v) is 3.85. The van der Waals surface area contributed by atoms with E-state index in [1.54, 1.807) is 0 Å². The minimum atomic E-state index is -0.483. The smallest absolute Gasteiger partial charge is 0.326 e. The summed E-state index contributed by atoms with van der Waals surface area (Å²) < 4.78 is 5.13. The number of carbonyl (C=O) groups is 1. The van der Waals surface area contributed by atoms with E-state index in [9.17, 15) is 4.79 Å². The second kappa shape index (κ2) is 7.10. The van der Waals surface area contributed by atoms with Gasteiger partial charge in [0.25, 0.3) is 0 Å². The Labute approximate surface area is 129 Å². The van der Waals surface area contributed by atoms with Crippen molar-refractivity contribution in [3.63, 3.8) is 0 Å². The van der Waals surface area contributed by atoms with Gasteiger partial charge in [0, 0.05) is 18.6 Å². The third kappa shape index (κ3) is 4.19. The lowest BCUT2D eigenvalue weighted by molar-refractivity contribution is -0.151. The largest absolute Gasteiger partial charge is 0.468 e. The lowest BCUT2D eigenvalue weighted by Crippen LogP contribution is -2.60. The van der Waals surface area contributed by atoms with Gasteiger partial charge < -0.3 is 9.64 Å². The van der Waals surface area contributed by atoms with Gasteiger partial charge in [-0.15, -0.1) is 0 Å². The van der Waals surface area contributed by atoms with E-state index >= 15 is 0 Å². The number of hydrogen-bond donors (Lipinski definition) is 1. The third-order valence-electron chi connectivity index (χ3n) is 4.98. The second-order valence-corrected chi connectivity index (χ2v) is 7.15. The summed E-state index contributed by atoms with van der Waals surface area (Å²) in [6.07, 6.45) is 6.86. The molecule has 0 heterocycles. The Balaban J connectivity index is 2.08. The summed E-state index contributed by atoms with van der Waals surface area (Å²) in [4.78, 5) is 15.0. The maximum Gasteiger partial charge on any atom is 0.326 e. The molecule has 0 aromatic carbocycles. The molecule has 2 saturated carbocycles. The van der Waals surface area contributed by atoms with Crippen LogP contribution in [0.3, 0.4) is 0 Å². The van der Waals surface area contributed by atoms with Gasteiger partial charge in [0.15, 0.2) is 0 Å². The quantitative estimate of drug-likeness (QED) is 0.733. The maximum absolute atomic E-state index is 12.4. The number of methoxy groups -OCH3 is 1. The van der Waals surface area contributed by atoms with Crippen LogP contribution in [0.15, 0.2) is 0 Å². The van der Waals surface area contributed by atoms with E-state index in [0.717, 1.165) is 31.7 Å². The second-order valence-electron chi connectivity index (χ2n) is 7.15. The van der Waals surface area contributed by atoms with E-state index in [2.05, 4.69) is 31.0 Å². The van der Waals surface area contributed by atoms with Crippen LogP contribution in [-0.4, -0.2) is 48.7 Å². The number of carbonyl (C=O) groups excluding carboxylic acids is 1. The van der Waals surface area contributed by atoms with Gasteiger partial charge in [-0.2, -0.15) is 0 Å². The molecule has 2 aliphatic carbocycles. The van der Waals surface area contributed by atoms with Crippen LogP contribution in [0.4, 0.5) is 0 Å². The molecule has 0 spiro atoms. The summed E-state index contributed by atoms with van der Waals surface area (Å²) >= 11 is 0. The van der Waals surface area contributed by atoms with Gasteiger partial charge in [0.05, 0.1) is 7.11 Å². The lowest BCUT2D eigenvalue weighted by Gasteiger charge is -2.44. The van der Waals surface area contributed by atoms with Crippen LogP contribution >= 0.6 is 0 Å². The zero-order chi connectivity index (χ0) is 15.5. The normalized spacial score (nSPS) is 29.9. The standard InChI is InChI=1S/C17H32N2O2/c1-5-19(12-14-8-9-14)15-7-6-10-17(11-15,16(20)21-4)18-13(2)3/h13-15,18H,5-12H2,1-4H3. The minimum Gasteiger partial charge on any atom is -0.468 e. The van der Waals surface area contributed by atoms with Crippen molar-refractivity contribution in [3.05, 3.63) is 0 Å². The number of hydrogen-bond acceptors (Lipinski definition) is 4. The van der Waals surface area contributed by atoms with Crippen molar-refractivity contribution >= 4 is 5.97 Å². The average molecular weight is 296 g/mol. The molecule has 2 rings (SSSR count). The molecule has 4 nitrogen and oxygen atoms in total. The highest BCUT2D eigenvalue weighted by atomic mass is 16.5. The highest BCUT2D eigenvalue weighted by Crippen LogP contribution is 2.36. The number of nitrogens with one attached hydrogen (secondary N) is 1. The lowest BCUT2D eigenvalue weighted by atomic mass is 9.77. The number of esters is 1. The Morgan fingerprint density at radius 1 is 1.38 bits per heavy atom. The van der Waals surface area contributed by atoms with Gasteiger partial charge in [-0.1, -0.05) is 6.92 Å². The summed E-state index contributed by atoms with van der Waals surface area (Å²) in [6, 6.07) is 0.802. The van der Waals surface area contributed by atoms with Crippen LogP contribution in [0, 0.1) is 5.92 Å². The Morgan fingerprint density at radius 3 is 2.62 bits per heavy atom. The molecule has 0 bridgehead atoms. The Hall–Kier alpha value is -0.610. The first-order chi connectivity index (χ1) is 10.0. The van der Waals surface area contributed by atoms with Crippen molar-refractivity contribution in [2.24, 2.45) is 5.92 Å². The first-order valence-corrected chi connectivity index (χ1v) is 8.61. The first kappa shape index (κ1) is 16.8. The van der Waals surface area contributed by atoms with Crippen LogP contribution in [-0.2, 0) is 9.53 Å². The summed E-state index contributed by atoms with van der Waals surface area (Å²) in [5, 5.41) is 3.52. The van der Waals surface area contributed by atoms with E-state index in [1.165, 1.54) is 32.9 Å². The molecule has 0 aromatic heterocycles. The van der Waals surface area contributed by atoms with Crippen molar-refractivity contribution < 1.29 is 9.53 Å². The van der Waals surface area contributed by atoms with Gasteiger partial charge in [-0.3, -0.25) is 10.1 Å². The zero-order valence-corrected chi connectivity index (χ0v) is 14.2. The molecule has 1 N–H and O–H groups in total. The van der Waals surface area contributed by atoms with Crippen molar-refractivity contribution in [2.45, 2.75) is 76.9 Å². The molecule has 0 amide bonds. The van der Waals surface area contributed by atoms with Crippen molar-refractivity contribution in [3.8, 4) is 0 Å². The van der Waals surface area contributed by atoms with Gasteiger partial charge in [-0.25, -0.2) is 0 Å². The highest BCUT2D eigenvalue weighted by molar-refractivity contribution is 5.81. The molecule has 4 heteroatoms. The SMILES string of the molecule is CCN(CC1CC1)C1CCCC(NC(C)C)(C(=O)OC)C1. The third-order valence-corrected chi connectivity index (χ3v) is 4.98. The molecular formula is C17H32N2O2. The van der Waals surface area contributed by atoms with Gasteiger partial charge >= 0.3 is 5.97 Å². The van der Waals surface area contributed by atoms with Crippen LogP contribution in [0.1, 0.15) is 59.3 Å². The predicted molar refractivity (Wildman–Crippen MR) is 85.2 cm³/mol. The Morgan fingerprint density at radius 2 is 2.10 bits per heavy atom. The summed E-state index contributed by atoms with van der Waals surface area (Å²) in [5.74, 6) is 0.820. The summed E-state index contributed by atoms with van der Waals surface area (Å²) in [6.45, 7) is 8.75. The van der Waals surface area contributed by atoms with Crippen LogP contribution in [0.25, 0.3) is 0 Å². The molecule has 2 atom stereocenters. The summed E-state index contributed by atoms with van der Waals surface area (Å²) in [5.41, 5.74) is -0.483. The summed E-state index contributed by atoms with van der Waals surface area (Å²) in [7, 11) is 1.51. The number of ether oxygens (including phenoxy) is 1. The Kier molecular flexibility index (Phi) is 5.67. The van der Waals surface area contributed by atoms with Gasteiger partial charge in [-0.05, 0) is 64.8 Å². The fraction of sp³-hybridized carbons (Fsp3) is 0.941. The molecule has 0 aliphatic heterocycles. The monoisotopic (exact) mass is 296 g/mol. The van der Waals surface area contributed by atoms with E-state index in [0.29, 0.717) is 12.1 Å². The predicted octanol–water partition coefficient (Wildman–Crippen LogP) is 2.57. The minimum absolute atomic E-state index is 0.0802. The molecule has 0 saturated heterocycles. The maximum atomic E-state index is 12.4. The first-order valence-electron chi connectivity index (χ1n) is 8.61. The Bertz CT molecular complexity index is 355. The molecular weight excluding hydrogens is 264 g/mol. The molecule has 21 heavy (non-hydrogen) atoms. The molecule has 0 radical (unpaired) electrons. The van der Waals surface area contributed by atoms with E-state index in [4.69, 9.17) is 4.74 Å². The molecule has 2 aliphatic rings. The average Bonchev–Trinajstić information content (AvgIpc) is 3.27. The molecule has 2 fully saturated rings. The van der Waals surface area contributed by atoms with Gasteiger partial charge in [0.1, 0.15) is 5.54 Å². The topological polar surface area (TPSA) is 41.6 Å². The van der Waals surface area contributed by atoms with Crippen molar-refractivity contribution in [1.82, 2.24) is 10.2 Å². The van der Waals surface area contributed by atoms with Crippen LogP contribution in [0.2, 0.25) is 0 Å². The van der Waals surface area contributed by atoms with Crippen LogP contribution in [0.5, 0.6) is 0 Å². The molecule has 2 unspecified atom stereocenters. The molecule has 122 valence electrons. The van der Waals surface area contributed by atoms with Gasteiger partial charge in [0.2, 0.25) is 0 Å². The highest BCUT2D eigenvalue weighted by Gasteiger charge is 2.45. The van der Waals surface area contributed by atoms with E-state index < -0.39 is 5.54 Å². The zero-order valence-electron chi connectivity index (χ0n) is 14.2. The fourth-order valence-electron chi connectivity index (χ4n) is 3.85. The number of nitrogens with zero attached hydrogens (tertiary/aromatic N) is 1. The molecule has 0 aromatic rings. The van der Waals surface area contributed by atoms with E-state index in [-0.39, 0.29) is 5.97 Å². The van der Waals surface area contributed by atoms with Crippen molar-refractivity contribution in [2.75, 3.05) is 20.2 Å². The van der Waals surface area contributed by atoms with Crippen molar-refractivity contribution in [1.29, 1.82) is 0 Å². The number of rotatable bonds is 7. The van der Waals surface area contributed by atoms with Crippen LogP contribution < -0.4 is 5.32 Å². The van der Waals surface area contributed by atoms with E-state index in [1.807, 2.05) is 0 Å².